The summed E-state index contributed by atoms with van der Waals surface area (Å²) in [5.41, 5.74) is 1.39. The lowest BCUT2D eigenvalue weighted by Crippen LogP contribution is -2.30. The second kappa shape index (κ2) is 12.3. The number of allylic oxidation sites excluding steroid dienone is 2. The third-order valence-electron chi connectivity index (χ3n) is 7.86. The van der Waals surface area contributed by atoms with Crippen molar-refractivity contribution in [1.29, 1.82) is 0 Å². The summed E-state index contributed by atoms with van der Waals surface area (Å²) in [6.45, 7) is 5.73. The number of halogens is 3. The van der Waals surface area contributed by atoms with Crippen LogP contribution in [0, 0.1) is 47.0 Å². The molecule has 0 N–H and O–H groups in total. The Hall–Kier alpha value is -2.93. The van der Waals surface area contributed by atoms with Gasteiger partial charge in [-0.1, -0.05) is 42.6 Å². The second-order valence-electron chi connectivity index (χ2n) is 10.2. The van der Waals surface area contributed by atoms with E-state index < -0.39 is 17.4 Å². The number of hydrogen-bond acceptors (Lipinski definition) is 1. The minimum absolute atomic E-state index is 0.0750. The summed E-state index contributed by atoms with van der Waals surface area (Å²) in [4.78, 5) is 0. The molecule has 0 heterocycles. The maximum absolute atomic E-state index is 14.9. The van der Waals surface area contributed by atoms with Gasteiger partial charge in [-0.3, -0.25) is 0 Å². The second-order valence-corrected chi connectivity index (χ2v) is 10.2. The first-order valence-electron chi connectivity index (χ1n) is 13.1. The molecule has 4 atom stereocenters. The Morgan fingerprint density at radius 2 is 1.69 bits per heavy atom. The summed E-state index contributed by atoms with van der Waals surface area (Å²) in [5.74, 6) is 5.70. The number of fused-ring (bicyclic) bond motifs is 1. The van der Waals surface area contributed by atoms with Crippen LogP contribution >= 0.6 is 0 Å². The maximum Gasteiger partial charge on any atom is 0.191 e. The van der Waals surface area contributed by atoms with E-state index in [1.807, 2.05) is 12.1 Å². The SMILES string of the molecule is C=CCCC1CCC2CC(c3ccc(C#Cc4cc(F)c(OC/C=C/C)c(F)c4)c(F)c3)CCC2C1. The van der Waals surface area contributed by atoms with Gasteiger partial charge in [0.05, 0.1) is 5.56 Å². The van der Waals surface area contributed by atoms with Gasteiger partial charge in [0, 0.05) is 5.56 Å². The van der Waals surface area contributed by atoms with Crippen LogP contribution in [0.3, 0.4) is 0 Å². The zero-order chi connectivity index (χ0) is 25.5. The van der Waals surface area contributed by atoms with Crippen molar-refractivity contribution in [2.24, 2.45) is 17.8 Å². The van der Waals surface area contributed by atoms with E-state index in [4.69, 9.17) is 4.74 Å². The largest absolute Gasteiger partial charge is 0.483 e. The molecule has 2 saturated carbocycles. The van der Waals surface area contributed by atoms with E-state index in [0.717, 1.165) is 54.7 Å². The topological polar surface area (TPSA) is 9.23 Å². The molecular formula is C32H35F3O. The molecule has 0 bridgehead atoms. The molecule has 2 aliphatic carbocycles. The maximum atomic E-state index is 14.9. The standard InChI is InChI=1S/C32H35F3O/c1-3-5-7-22-8-11-26-20-27(15-14-25(26)17-22)28-13-12-24(29(33)21-28)10-9-23-18-30(34)32(31(35)19-23)36-16-6-4-2/h3-4,6,12-13,18-19,21-22,25-27H,1,5,7-8,11,14-17,20H2,2H3/b6-4+. The highest BCUT2D eigenvalue weighted by Crippen LogP contribution is 2.48. The normalized spacial score (nSPS) is 23.6. The van der Waals surface area contributed by atoms with E-state index in [9.17, 15) is 13.2 Å². The summed E-state index contributed by atoms with van der Waals surface area (Å²) in [6, 6.07) is 7.48. The van der Waals surface area contributed by atoms with Crippen LogP contribution in [-0.4, -0.2) is 6.61 Å². The molecule has 0 saturated heterocycles. The minimum atomic E-state index is -0.829. The molecule has 36 heavy (non-hydrogen) atoms. The summed E-state index contributed by atoms with van der Waals surface area (Å²) < 4.78 is 48.6. The molecule has 2 fully saturated rings. The highest BCUT2D eigenvalue weighted by molar-refractivity contribution is 5.46. The van der Waals surface area contributed by atoms with Crippen molar-refractivity contribution in [3.05, 3.63) is 89.3 Å². The van der Waals surface area contributed by atoms with Crippen molar-refractivity contribution in [2.75, 3.05) is 6.61 Å². The summed E-state index contributed by atoms with van der Waals surface area (Å²) in [6.07, 6.45) is 15.1. The summed E-state index contributed by atoms with van der Waals surface area (Å²) in [7, 11) is 0. The molecule has 2 aliphatic rings. The monoisotopic (exact) mass is 492 g/mol. The van der Waals surface area contributed by atoms with Gasteiger partial charge in [-0.2, -0.15) is 0 Å². The molecule has 190 valence electrons. The van der Waals surface area contributed by atoms with Gasteiger partial charge in [-0.15, -0.1) is 6.58 Å². The molecule has 0 radical (unpaired) electrons. The molecule has 0 aliphatic heterocycles. The number of rotatable bonds is 7. The smallest absolute Gasteiger partial charge is 0.191 e. The van der Waals surface area contributed by atoms with Crippen LogP contribution in [0.1, 0.15) is 80.9 Å². The average Bonchev–Trinajstić information content (AvgIpc) is 2.88. The quantitative estimate of drug-likeness (QED) is 0.277. The summed E-state index contributed by atoms with van der Waals surface area (Å²) >= 11 is 0. The first kappa shape index (κ1) is 26.1. The number of hydrogen-bond donors (Lipinski definition) is 0. The highest BCUT2D eigenvalue weighted by Gasteiger charge is 2.35. The predicted octanol–water partition coefficient (Wildman–Crippen LogP) is 8.72. The van der Waals surface area contributed by atoms with Crippen molar-refractivity contribution in [2.45, 2.75) is 64.2 Å². The van der Waals surface area contributed by atoms with Gasteiger partial charge in [-0.25, -0.2) is 13.2 Å². The fourth-order valence-electron chi connectivity index (χ4n) is 5.93. The van der Waals surface area contributed by atoms with Gasteiger partial charge in [0.25, 0.3) is 0 Å². The Morgan fingerprint density at radius 3 is 2.42 bits per heavy atom. The highest BCUT2D eigenvalue weighted by atomic mass is 19.1. The van der Waals surface area contributed by atoms with E-state index in [2.05, 4.69) is 18.4 Å². The van der Waals surface area contributed by atoms with Gasteiger partial charge in [0.2, 0.25) is 0 Å². The number of ether oxygens (including phenoxy) is 1. The molecule has 4 heteroatoms. The van der Waals surface area contributed by atoms with Crippen molar-refractivity contribution >= 4 is 0 Å². The first-order valence-corrected chi connectivity index (χ1v) is 13.1. The Balaban J connectivity index is 1.40. The van der Waals surface area contributed by atoms with Gasteiger partial charge < -0.3 is 4.74 Å². The first-order chi connectivity index (χ1) is 17.5. The molecule has 4 unspecified atom stereocenters. The van der Waals surface area contributed by atoms with Crippen LogP contribution in [0.15, 0.2) is 55.1 Å². The Labute approximate surface area is 213 Å². The summed E-state index contributed by atoms with van der Waals surface area (Å²) in [5, 5.41) is 0. The molecule has 4 rings (SSSR count). The molecule has 0 aromatic heterocycles. The van der Waals surface area contributed by atoms with Crippen molar-refractivity contribution < 1.29 is 17.9 Å². The van der Waals surface area contributed by atoms with Crippen molar-refractivity contribution in [3.8, 4) is 17.6 Å². The van der Waals surface area contributed by atoms with Crippen molar-refractivity contribution in [1.82, 2.24) is 0 Å². The van der Waals surface area contributed by atoms with Gasteiger partial charge in [0.15, 0.2) is 17.4 Å². The molecule has 2 aromatic carbocycles. The lowest BCUT2D eigenvalue weighted by Gasteiger charge is -2.42. The zero-order valence-corrected chi connectivity index (χ0v) is 21.0. The van der Waals surface area contributed by atoms with Gasteiger partial charge in [0.1, 0.15) is 12.4 Å². The van der Waals surface area contributed by atoms with Crippen LogP contribution in [-0.2, 0) is 0 Å². The fraction of sp³-hybridized carbons (Fsp3) is 0.438. The van der Waals surface area contributed by atoms with Gasteiger partial charge >= 0.3 is 0 Å². The van der Waals surface area contributed by atoms with E-state index in [0.29, 0.717) is 5.92 Å². The molecular weight excluding hydrogens is 457 g/mol. The van der Waals surface area contributed by atoms with Crippen LogP contribution in [0.4, 0.5) is 13.2 Å². The van der Waals surface area contributed by atoms with E-state index in [-0.39, 0.29) is 23.6 Å². The van der Waals surface area contributed by atoms with E-state index in [1.54, 1.807) is 31.2 Å². The molecule has 2 aromatic rings. The molecule has 0 spiro atoms. The van der Waals surface area contributed by atoms with E-state index >= 15 is 0 Å². The van der Waals surface area contributed by atoms with E-state index in [1.165, 1.54) is 32.1 Å². The van der Waals surface area contributed by atoms with Crippen LogP contribution in [0.25, 0.3) is 0 Å². The zero-order valence-electron chi connectivity index (χ0n) is 21.0. The molecule has 0 amide bonds. The third-order valence-corrected chi connectivity index (χ3v) is 7.86. The van der Waals surface area contributed by atoms with Crippen LogP contribution < -0.4 is 4.74 Å². The average molecular weight is 493 g/mol. The van der Waals surface area contributed by atoms with Crippen LogP contribution in [0.5, 0.6) is 5.75 Å². The minimum Gasteiger partial charge on any atom is -0.483 e. The van der Waals surface area contributed by atoms with Gasteiger partial charge in [-0.05, 0) is 105 Å². The Kier molecular flexibility index (Phi) is 8.97. The van der Waals surface area contributed by atoms with Crippen molar-refractivity contribution in [3.63, 3.8) is 0 Å². The third kappa shape index (κ3) is 6.44. The fourth-order valence-corrected chi connectivity index (χ4v) is 5.93. The predicted molar refractivity (Wildman–Crippen MR) is 139 cm³/mol. The van der Waals surface area contributed by atoms with Crippen LogP contribution in [0.2, 0.25) is 0 Å². The number of benzene rings is 2. The Morgan fingerprint density at radius 1 is 0.944 bits per heavy atom. The molecule has 1 nitrogen and oxygen atoms in total. The Bertz CT molecular complexity index is 1130. The lowest BCUT2D eigenvalue weighted by molar-refractivity contribution is 0.115. The lowest BCUT2D eigenvalue weighted by atomic mass is 9.63.